The van der Waals surface area contributed by atoms with Crippen LogP contribution in [0.25, 0.3) is 0 Å². The first-order valence-electron chi connectivity index (χ1n) is 5.30. The average Bonchev–Trinajstić information content (AvgIpc) is 2.08. The van der Waals surface area contributed by atoms with E-state index in [1.54, 1.807) is 6.92 Å². The molecule has 0 aromatic carbocycles. The maximum atomic E-state index is 10.0. The third-order valence-corrected chi connectivity index (χ3v) is 3.84. The molecule has 1 rings (SSSR count). The van der Waals surface area contributed by atoms with Gasteiger partial charge >= 0.3 is 0 Å². The van der Waals surface area contributed by atoms with Crippen molar-refractivity contribution in [1.29, 1.82) is 0 Å². The molecule has 1 aliphatic heterocycles. The van der Waals surface area contributed by atoms with Gasteiger partial charge in [-0.15, -0.1) is 0 Å². The number of rotatable bonds is 1. The van der Waals surface area contributed by atoms with Gasteiger partial charge in [0.05, 0.1) is 6.10 Å². The van der Waals surface area contributed by atoms with Gasteiger partial charge in [-0.25, -0.2) is 0 Å². The van der Waals surface area contributed by atoms with Crippen LogP contribution in [0.5, 0.6) is 0 Å². The Kier molecular flexibility index (Phi) is 3.03. The first kappa shape index (κ1) is 11.0. The van der Waals surface area contributed by atoms with Crippen molar-refractivity contribution in [3.05, 3.63) is 0 Å². The first-order valence-corrected chi connectivity index (χ1v) is 5.30. The quantitative estimate of drug-likeness (QED) is 0.681. The second-order valence-corrected chi connectivity index (χ2v) is 4.63. The van der Waals surface area contributed by atoms with E-state index in [1.807, 2.05) is 0 Å². The summed E-state index contributed by atoms with van der Waals surface area (Å²) in [5.74, 6) is 0.339. The summed E-state index contributed by atoms with van der Waals surface area (Å²) in [4.78, 5) is 0. The molecule has 0 aliphatic carbocycles. The molecule has 1 N–H and O–H groups in total. The lowest BCUT2D eigenvalue weighted by Crippen LogP contribution is -2.51. The zero-order chi connectivity index (χ0) is 10.2. The van der Waals surface area contributed by atoms with E-state index in [4.69, 9.17) is 4.74 Å². The zero-order valence-corrected chi connectivity index (χ0v) is 9.37. The van der Waals surface area contributed by atoms with E-state index in [0.29, 0.717) is 11.8 Å². The van der Waals surface area contributed by atoms with Gasteiger partial charge in [0.2, 0.25) is 0 Å². The molecular weight excluding hydrogens is 164 g/mol. The highest BCUT2D eigenvalue weighted by Gasteiger charge is 2.44. The largest absolute Gasteiger partial charge is 0.365 e. The van der Waals surface area contributed by atoms with Crippen molar-refractivity contribution in [2.45, 2.75) is 52.9 Å². The molecule has 78 valence electrons. The van der Waals surface area contributed by atoms with Crippen LogP contribution in [-0.4, -0.2) is 17.0 Å². The minimum absolute atomic E-state index is 0.209. The summed E-state index contributed by atoms with van der Waals surface area (Å²) >= 11 is 0. The summed E-state index contributed by atoms with van der Waals surface area (Å²) in [7, 11) is 0. The first-order chi connectivity index (χ1) is 5.90. The minimum atomic E-state index is -0.938. The molecule has 1 aliphatic rings. The van der Waals surface area contributed by atoms with Gasteiger partial charge in [0, 0.05) is 5.92 Å². The fraction of sp³-hybridized carbons (Fsp3) is 1.00. The molecule has 1 fully saturated rings. The maximum absolute atomic E-state index is 10.0. The second kappa shape index (κ2) is 3.58. The van der Waals surface area contributed by atoms with E-state index in [1.165, 1.54) is 0 Å². The topological polar surface area (TPSA) is 29.5 Å². The predicted octanol–water partition coefficient (Wildman–Crippen LogP) is 2.41. The molecule has 1 heterocycles. The van der Waals surface area contributed by atoms with E-state index < -0.39 is 5.79 Å². The molecule has 2 heteroatoms. The summed E-state index contributed by atoms with van der Waals surface area (Å²) in [5.41, 5.74) is 0. The van der Waals surface area contributed by atoms with E-state index in [0.717, 1.165) is 6.42 Å². The Balaban J connectivity index is 2.79. The molecule has 0 saturated carbocycles. The van der Waals surface area contributed by atoms with E-state index in [2.05, 4.69) is 27.7 Å². The third kappa shape index (κ3) is 1.89. The maximum Gasteiger partial charge on any atom is 0.165 e. The van der Waals surface area contributed by atoms with Crippen molar-refractivity contribution in [2.24, 2.45) is 17.8 Å². The van der Waals surface area contributed by atoms with Crippen molar-refractivity contribution in [3.8, 4) is 0 Å². The lowest BCUT2D eigenvalue weighted by molar-refractivity contribution is -0.296. The smallest absolute Gasteiger partial charge is 0.165 e. The van der Waals surface area contributed by atoms with E-state index >= 15 is 0 Å². The van der Waals surface area contributed by atoms with Crippen LogP contribution in [0, 0.1) is 17.8 Å². The van der Waals surface area contributed by atoms with Crippen LogP contribution in [0.1, 0.15) is 41.0 Å². The summed E-state index contributed by atoms with van der Waals surface area (Å²) in [6.45, 7) is 10.4. The summed E-state index contributed by atoms with van der Waals surface area (Å²) in [6, 6.07) is 0. The van der Waals surface area contributed by atoms with Crippen LogP contribution in [0.2, 0.25) is 0 Å². The molecule has 5 atom stereocenters. The molecule has 2 nitrogen and oxygen atoms in total. The minimum Gasteiger partial charge on any atom is -0.365 e. The summed E-state index contributed by atoms with van der Waals surface area (Å²) in [5, 5.41) is 10.0. The Labute approximate surface area is 81.3 Å². The molecule has 0 aromatic rings. The lowest BCUT2D eigenvalue weighted by atomic mass is 9.75. The van der Waals surface area contributed by atoms with Crippen molar-refractivity contribution < 1.29 is 9.84 Å². The normalized spacial score (nSPS) is 52.2. The van der Waals surface area contributed by atoms with Gasteiger partial charge in [-0.1, -0.05) is 27.7 Å². The summed E-state index contributed by atoms with van der Waals surface area (Å²) in [6.07, 6.45) is 1.19. The number of ether oxygens (including phenoxy) is 1. The number of aliphatic hydroxyl groups is 1. The Bertz CT molecular complexity index is 175. The highest BCUT2D eigenvalue weighted by Crippen LogP contribution is 2.40. The van der Waals surface area contributed by atoms with Crippen molar-refractivity contribution in [3.63, 3.8) is 0 Å². The van der Waals surface area contributed by atoms with E-state index in [9.17, 15) is 5.11 Å². The fourth-order valence-corrected chi connectivity index (χ4v) is 2.26. The van der Waals surface area contributed by atoms with Gasteiger partial charge < -0.3 is 9.84 Å². The van der Waals surface area contributed by atoms with Crippen LogP contribution in [-0.2, 0) is 4.74 Å². The standard InChI is InChI=1S/C11H22O2/c1-6-10-8(3)7(2)9(4)11(5,12)13-10/h7-10,12H,6H2,1-5H3/t7-,8+,9+,10+,11?/m0/s1. The Morgan fingerprint density at radius 2 is 1.77 bits per heavy atom. The highest BCUT2D eigenvalue weighted by atomic mass is 16.6. The summed E-state index contributed by atoms with van der Waals surface area (Å²) < 4.78 is 5.67. The number of hydrogen-bond donors (Lipinski definition) is 1. The van der Waals surface area contributed by atoms with Crippen LogP contribution < -0.4 is 0 Å². The Morgan fingerprint density at radius 1 is 1.23 bits per heavy atom. The van der Waals surface area contributed by atoms with Gasteiger partial charge in [-0.2, -0.15) is 0 Å². The van der Waals surface area contributed by atoms with Crippen LogP contribution >= 0.6 is 0 Å². The molecule has 13 heavy (non-hydrogen) atoms. The van der Waals surface area contributed by atoms with Crippen molar-refractivity contribution in [1.82, 2.24) is 0 Å². The van der Waals surface area contributed by atoms with Gasteiger partial charge in [0.25, 0.3) is 0 Å². The molecule has 0 radical (unpaired) electrons. The van der Waals surface area contributed by atoms with Gasteiger partial charge in [0.15, 0.2) is 5.79 Å². The highest BCUT2D eigenvalue weighted by molar-refractivity contribution is 4.87. The third-order valence-electron chi connectivity index (χ3n) is 3.84. The van der Waals surface area contributed by atoms with Crippen molar-refractivity contribution >= 4 is 0 Å². The molecule has 0 spiro atoms. The second-order valence-electron chi connectivity index (χ2n) is 4.63. The van der Waals surface area contributed by atoms with E-state index in [-0.39, 0.29) is 12.0 Å². The van der Waals surface area contributed by atoms with Gasteiger partial charge in [-0.3, -0.25) is 0 Å². The monoisotopic (exact) mass is 186 g/mol. The van der Waals surface area contributed by atoms with Crippen LogP contribution in [0.4, 0.5) is 0 Å². The Morgan fingerprint density at radius 3 is 2.23 bits per heavy atom. The van der Waals surface area contributed by atoms with Gasteiger partial charge in [0.1, 0.15) is 0 Å². The number of hydrogen-bond acceptors (Lipinski definition) is 2. The van der Waals surface area contributed by atoms with Crippen LogP contribution in [0.3, 0.4) is 0 Å². The Hall–Kier alpha value is -0.0800. The fourth-order valence-electron chi connectivity index (χ4n) is 2.26. The van der Waals surface area contributed by atoms with Crippen LogP contribution in [0.15, 0.2) is 0 Å². The lowest BCUT2D eigenvalue weighted by Gasteiger charge is -2.47. The predicted molar refractivity (Wildman–Crippen MR) is 53.3 cm³/mol. The molecule has 0 bridgehead atoms. The molecule has 1 saturated heterocycles. The molecular formula is C11H22O2. The van der Waals surface area contributed by atoms with Gasteiger partial charge in [-0.05, 0) is 25.2 Å². The molecule has 1 unspecified atom stereocenters. The zero-order valence-electron chi connectivity index (χ0n) is 9.37. The SMILES string of the molecule is CC[C@H]1OC(C)(O)[C@H](C)[C@@H](C)[C@H]1C. The molecule has 0 aromatic heterocycles. The molecule has 0 amide bonds. The van der Waals surface area contributed by atoms with Crippen molar-refractivity contribution in [2.75, 3.05) is 0 Å². The average molecular weight is 186 g/mol.